The predicted molar refractivity (Wildman–Crippen MR) is 62.4 cm³/mol. The molecule has 0 spiro atoms. The molecule has 0 N–H and O–H groups in total. The van der Waals surface area contributed by atoms with E-state index in [9.17, 15) is 0 Å². The Morgan fingerprint density at radius 1 is 1.38 bits per heavy atom. The van der Waals surface area contributed by atoms with Crippen molar-refractivity contribution in [3.8, 4) is 0 Å². The summed E-state index contributed by atoms with van der Waals surface area (Å²) in [5.41, 5.74) is 0. The monoisotopic (exact) mass is 243 g/mol. The first-order valence-corrected chi connectivity index (χ1v) is 6.32. The maximum atomic E-state index is 5.75. The summed E-state index contributed by atoms with van der Waals surface area (Å²) in [7, 11) is 1.98. The quantitative estimate of drug-likeness (QED) is 0.742. The van der Waals surface area contributed by atoms with E-state index in [1.807, 2.05) is 18.5 Å². The van der Waals surface area contributed by atoms with Crippen LogP contribution in [0.2, 0.25) is 0 Å². The Hall–Kier alpha value is -0.610. The number of alkyl halides is 1. The topological polar surface area (TPSA) is 39.9 Å². The molecule has 1 saturated carbocycles. The van der Waals surface area contributed by atoms with Crippen LogP contribution < -0.4 is 0 Å². The number of hydrogen-bond donors (Lipinski definition) is 0. The first kappa shape index (κ1) is 11.9. The van der Waals surface area contributed by atoms with Gasteiger partial charge in [0.2, 0.25) is 0 Å². The lowest BCUT2D eigenvalue weighted by Crippen LogP contribution is -2.33. The molecule has 16 heavy (non-hydrogen) atoms. The van der Waals surface area contributed by atoms with Gasteiger partial charge in [0, 0.05) is 20.1 Å². The van der Waals surface area contributed by atoms with E-state index < -0.39 is 0 Å². The zero-order valence-corrected chi connectivity index (χ0v) is 10.6. The molecule has 90 valence electrons. The van der Waals surface area contributed by atoms with Gasteiger partial charge in [0.05, 0.1) is 12.0 Å². The fraction of sp³-hybridized carbons (Fsp3) is 0.818. The SMILES string of the molecule is CCOC1CC(Cc2nnc(CCl)n2C)C1. The maximum Gasteiger partial charge on any atom is 0.147 e. The molecule has 5 heteroatoms. The molecule has 0 saturated heterocycles. The molecule has 0 atom stereocenters. The van der Waals surface area contributed by atoms with Gasteiger partial charge in [-0.15, -0.1) is 21.8 Å². The molecule has 1 aliphatic rings. The number of nitrogens with zero attached hydrogens (tertiary/aromatic N) is 3. The van der Waals surface area contributed by atoms with E-state index in [2.05, 4.69) is 10.2 Å². The minimum atomic E-state index is 0.426. The van der Waals surface area contributed by atoms with Gasteiger partial charge in [0.15, 0.2) is 0 Å². The second kappa shape index (κ2) is 5.15. The Morgan fingerprint density at radius 2 is 2.06 bits per heavy atom. The normalized spacial score (nSPS) is 24.4. The highest BCUT2D eigenvalue weighted by molar-refractivity contribution is 6.16. The summed E-state index contributed by atoms with van der Waals surface area (Å²) >= 11 is 5.75. The Bertz CT molecular complexity index is 347. The minimum absolute atomic E-state index is 0.426. The summed E-state index contributed by atoms with van der Waals surface area (Å²) < 4.78 is 7.54. The fourth-order valence-corrected chi connectivity index (χ4v) is 2.40. The van der Waals surface area contributed by atoms with Crippen molar-refractivity contribution in [1.82, 2.24) is 14.8 Å². The van der Waals surface area contributed by atoms with E-state index in [4.69, 9.17) is 16.3 Å². The summed E-state index contributed by atoms with van der Waals surface area (Å²) in [6.45, 7) is 2.86. The zero-order valence-electron chi connectivity index (χ0n) is 9.82. The lowest BCUT2D eigenvalue weighted by atomic mass is 9.80. The standard InChI is InChI=1S/C11H18ClN3O/c1-3-16-9-4-8(5-9)6-10-13-14-11(7-12)15(10)2/h8-9H,3-7H2,1-2H3. The van der Waals surface area contributed by atoms with Crippen molar-refractivity contribution in [3.63, 3.8) is 0 Å². The number of hydrogen-bond acceptors (Lipinski definition) is 3. The van der Waals surface area contributed by atoms with Gasteiger partial charge >= 0.3 is 0 Å². The fourth-order valence-electron chi connectivity index (χ4n) is 2.16. The van der Waals surface area contributed by atoms with Gasteiger partial charge in [-0.1, -0.05) is 0 Å². The zero-order chi connectivity index (χ0) is 11.5. The van der Waals surface area contributed by atoms with E-state index in [-0.39, 0.29) is 0 Å². The van der Waals surface area contributed by atoms with Crippen LogP contribution in [0.1, 0.15) is 31.4 Å². The smallest absolute Gasteiger partial charge is 0.147 e. The van der Waals surface area contributed by atoms with Crippen LogP contribution in [0.25, 0.3) is 0 Å². The van der Waals surface area contributed by atoms with E-state index in [0.29, 0.717) is 17.9 Å². The molecule has 0 aliphatic heterocycles. The number of aromatic nitrogens is 3. The molecule has 4 nitrogen and oxygen atoms in total. The van der Waals surface area contributed by atoms with Crippen molar-refractivity contribution < 1.29 is 4.74 Å². The molecular formula is C11H18ClN3O. The minimum Gasteiger partial charge on any atom is -0.378 e. The molecule has 1 aromatic heterocycles. The van der Waals surface area contributed by atoms with Gasteiger partial charge < -0.3 is 9.30 Å². The molecule has 2 rings (SSSR count). The van der Waals surface area contributed by atoms with Gasteiger partial charge in [0.25, 0.3) is 0 Å². The number of ether oxygens (including phenoxy) is 1. The number of rotatable bonds is 5. The molecule has 0 radical (unpaired) electrons. The summed E-state index contributed by atoms with van der Waals surface area (Å²) in [6, 6.07) is 0. The van der Waals surface area contributed by atoms with Crippen molar-refractivity contribution >= 4 is 11.6 Å². The van der Waals surface area contributed by atoms with Crippen molar-refractivity contribution in [2.24, 2.45) is 13.0 Å². The van der Waals surface area contributed by atoms with Crippen molar-refractivity contribution in [3.05, 3.63) is 11.6 Å². The van der Waals surface area contributed by atoms with E-state index in [1.54, 1.807) is 0 Å². The summed E-state index contributed by atoms with van der Waals surface area (Å²) in [6.07, 6.45) is 3.76. The van der Waals surface area contributed by atoms with E-state index >= 15 is 0 Å². The van der Waals surface area contributed by atoms with Gasteiger partial charge in [-0.2, -0.15) is 0 Å². The predicted octanol–water partition coefficient (Wildman–Crippen LogP) is 1.91. The second-order valence-electron chi connectivity index (χ2n) is 4.34. The third kappa shape index (κ3) is 2.38. The van der Waals surface area contributed by atoms with Crippen molar-refractivity contribution in [1.29, 1.82) is 0 Å². The third-order valence-corrected chi connectivity index (χ3v) is 3.48. The lowest BCUT2D eigenvalue weighted by Gasteiger charge is -2.34. The maximum absolute atomic E-state index is 5.75. The Kier molecular flexibility index (Phi) is 3.82. The van der Waals surface area contributed by atoms with Crippen LogP contribution in [-0.4, -0.2) is 27.5 Å². The van der Waals surface area contributed by atoms with Gasteiger partial charge in [-0.25, -0.2) is 0 Å². The second-order valence-corrected chi connectivity index (χ2v) is 4.61. The molecular weight excluding hydrogens is 226 g/mol. The van der Waals surface area contributed by atoms with Crippen molar-refractivity contribution in [2.75, 3.05) is 6.61 Å². The first-order chi connectivity index (χ1) is 7.74. The Labute approximate surface area is 101 Å². The van der Waals surface area contributed by atoms with Crippen LogP contribution in [0.3, 0.4) is 0 Å². The number of halogens is 1. The van der Waals surface area contributed by atoms with Crippen LogP contribution in [0.4, 0.5) is 0 Å². The van der Waals surface area contributed by atoms with Crippen LogP contribution >= 0.6 is 11.6 Å². The van der Waals surface area contributed by atoms with Crippen molar-refractivity contribution in [2.45, 2.75) is 38.2 Å². The summed E-state index contributed by atoms with van der Waals surface area (Å²) in [4.78, 5) is 0. The van der Waals surface area contributed by atoms with Gasteiger partial charge in [-0.3, -0.25) is 0 Å². The van der Waals surface area contributed by atoms with Gasteiger partial charge in [-0.05, 0) is 25.7 Å². The molecule has 1 fully saturated rings. The molecule has 0 amide bonds. The van der Waals surface area contributed by atoms with Crippen LogP contribution in [0, 0.1) is 5.92 Å². The Morgan fingerprint density at radius 3 is 2.62 bits per heavy atom. The average Bonchev–Trinajstić information content (AvgIpc) is 2.57. The highest BCUT2D eigenvalue weighted by Crippen LogP contribution is 2.32. The highest BCUT2D eigenvalue weighted by Gasteiger charge is 2.30. The average molecular weight is 244 g/mol. The molecule has 1 aromatic rings. The first-order valence-electron chi connectivity index (χ1n) is 5.79. The highest BCUT2D eigenvalue weighted by atomic mass is 35.5. The third-order valence-electron chi connectivity index (χ3n) is 3.24. The van der Waals surface area contributed by atoms with Crippen LogP contribution in [0.5, 0.6) is 0 Å². The van der Waals surface area contributed by atoms with E-state index in [1.165, 1.54) is 0 Å². The molecule has 0 aromatic carbocycles. The van der Waals surface area contributed by atoms with Crippen LogP contribution in [0.15, 0.2) is 0 Å². The molecule has 1 heterocycles. The van der Waals surface area contributed by atoms with E-state index in [0.717, 1.165) is 37.5 Å². The summed E-state index contributed by atoms with van der Waals surface area (Å²) in [5.74, 6) is 3.01. The largest absolute Gasteiger partial charge is 0.378 e. The van der Waals surface area contributed by atoms with Crippen LogP contribution in [-0.2, 0) is 24.1 Å². The lowest BCUT2D eigenvalue weighted by molar-refractivity contribution is -0.0247. The summed E-state index contributed by atoms with van der Waals surface area (Å²) in [5, 5.41) is 8.22. The molecule has 0 bridgehead atoms. The van der Waals surface area contributed by atoms with Gasteiger partial charge in [0.1, 0.15) is 11.6 Å². The Balaban J connectivity index is 1.84. The molecule has 1 aliphatic carbocycles. The molecule has 0 unspecified atom stereocenters.